The van der Waals surface area contributed by atoms with Crippen LogP contribution < -0.4 is 0 Å². The van der Waals surface area contributed by atoms with Crippen molar-refractivity contribution < 1.29 is 18.3 Å². The molecule has 0 amide bonds. The van der Waals surface area contributed by atoms with Crippen molar-refractivity contribution in [3.05, 3.63) is 23.9 Å². The average molecular weight is 312 g/mol. The van der Waals surface area contributed by atoms with E-state index in [1.807, 2.05) is 0 Å². The van der Waals surface area contributed by atoms with E-state index in [0.29, 0.717) is 5.92 Å². The maximum absolute atomic E-state index is 12.5. The first-order valence-electron chi connectivity index (χ1n) is 6.99. The van der Waals surface area contributed by atoms with E-state index in [0.717, 1.165) is 31.9 Å². The topological polar surface area (TPSA) is 87.6 Å². The van der Waals surface area contributed by atoms with Crippen LogP contribution in [0.3, 0.4) is 0 Å². The fraction of sp³-hybridized carbons (Fsp3) is 0.571. The molecule has 2 atom stereocenters. The van der Waals surface area contributed by atoms with Gasteiger partial charge in [-0.2, -0.15) is 4.31 Å². The van der Waals surface area contributed by atoms with E-state index in [1.54, 1.807) is 7.05 Å². The Morgan fingerprint density at radius 2 is 2.10 bits per heavy atom. The fourth-order valence-electron chi connectivity index (χ4n) is 2.74. The third-order valence-electron chi connectivity index (χ3n) is 4.05. The molecule has 1 saturated carbocycles. The Bertz CT molecular complexity index is 612. The summed E-state index contributed by atoms with van der Waals surface area (Å²) in [5.41, 5.74) is -0.0251. The number of aromatic nitrogens is 1. The molecule has 1 heterocycles. The van der Waals surface area contributed by atoms with Gasteiger partial charge in [-0.3, -0.25) is 0 Å². The highest BCUT2D eigenvalue weighted by atomic mass is 32.2. The minimum atomic E-state index is -3.68. The Kier molecular flexibility index (Phi) is 4.63. The summed E-state index contributed by atoms with van der Waals surface area (Å²) in [7, 11) is -2.10. The van der Waals surface area contributed by atoms with Crippen LogP contribution in [0.1, 0.15) is 43.0 Å². The van der Waals surface area contributed by atoms with Gasteiger partial charge >= 0.3 is 5.97 Å². The monoisotopic (exact) mass is 312 g/mol. The quantitative estimate of drug-likeness (QED) is 0.918. The molecule has 116 valence electrons. The highest BCUT2D eigenvalue weighted by molar-refractivity contribution is 7.89. The zero-order valence-corrected chi connectivity index (χ0v) is 13.0. The molecule has 21 heavy (non-hydrogen) atoms. The number of pyridine rings is 1. The van der Waals surface area contributed by atoms with Crippen LogP contribution in [0.4, 0.5) is 0 Å². The molecule has 1 fully saturated rings. The molecule has 6 nitrogen and oxygen atoms in total. The standard InChI is InChI=1S/C14H20N2O4S/c1-10-4-3-5-12(8-10)16(2)21(19,20)13-7-6-11(9-15-13)14(17)18/h6-7,9-10,12H,3-5,8H2,1-2H3,(H,17,18). The summed E-state index contributed by atoms with van der Waals surface area (Å²) < 4.78 is 26.5. The van der Waals surface area contributed by atoms with Crippen LogP contribution in [0.15, 0.2) is 23.4 Å². The molecule has 2 rings (SSSR count). The molecular formula is C14H20N2O4S. The molecule has 0 aliphatic heterocycles. The molecule has 7 heteroatoms. The molecule has 0 aromatic carbocycles. The lowest BCUT2D eigenvalue weighted by Gasteiger charge is -2.33. The molecule has 1 aliphatic carbocycles. The van der Waals surface area contributed by atoms with Gasteiger partial charge in [-0.05, 0) is 30.9 Å². The van der Waals surface area contributed by atoms with Crippen LogP contribution >= 0.6 is 0 Å². The summed E-state index contributed by atoms with van der Waals surface area (Å²) in [5.74, 6) is -0.607. The molecule has 1 aromatic heterocycles. The van der Waals surface area contributed by atoms with Gasteiger partial charge in [0.2, 0.25) is 0 Å². The Morgan fingerprint density at radius 3 is 2.62 bits per heavy atom. The number of aromatic carboxylic acids is 1. The largest absolute Gasteiger partial charge is 0.478 e. The molecule has 0 saturated heterocycles. The molecule has 0 spiro atoms. The summed E-state index contributed by atoms with van der Waals surface area (Å²) >= 11 is 0. The van der Waals surface area contributed by atoms with Crippen LogP contribution in [0, 0.1) is 5.92 Å². The molecule has 1 N–H and O–H groups in total. The average Bonchev–Trinajstić information content (AvgIpc) is 2.46. The zero-order valence-electron chi connectivity index (χ0n) is 12.2. The van der Waals surface area contributed by atoms with Gasteiger partial charge in [0.25, 0.3) is 10.0 Å². The number of carboxylic acid groups (broad SMARTS) is 1. The van der Waals surface area contributed by atoms with Crippen molar-refractivity contribution in [2.45, 2.75) is 43.7 Å². The summed E-state index contributed by atoms with van der Waals surface area (Å²) in [6.45, 7) is 2.13. The van der Waals surface area contributed by atoms with E-state index >= 15 is 0 Å². The Morgan fingerprint density at radius 1 is 1.38 bits per heavy atom. The first kappa shape index (κ1) is 15.9. The highest BCUT2D eigenvalue weighted by Crippen LogP contribution is 2.29. The third-order valence-corrected chi connectivity index (χ3v) is 5.88. The van der Waals surface area contributed by atoms with Gasteiger partial charge in [0, 0.05) is 19.3 Å². The minimum absolute atomic E-state index is 0.0142. The first-order chi connectivity index (χ1) is 9.82. The Labute approximate surface area is 124 Å². The molecule has 0 radical (unpaired) electrons. The van der Waals surface area contributed by atoms with Gasteiger partial charge in [-0.15, -0.1) is 0 Å². The van der Waals surface area contributed by atoms with Crippen molar-refractivity contribution in [3.63, 3.8) is 0 Å². The number of carbonyl (C=O) groups is 1. The van der Waals surface area contributed by atoms with Crippen LogP contribution in [-0.2, 0) is 10.0 Å². The maximum atomic E-state index is 12.5. The normalized spacial score (nSPS) is 23.2. The van der Waals surface area contributed by atoms with E-state index in [-0.39, 0.29) is 16.6 Å². The number of carboxylic acids is 1. The van der Waals surface area contributed by atoms with E-state index in [2.05, 4.69) is 11.9 Å². The van der Waals surface area contributed by atoms with Gasteiger partial charge in [0.1, 0.15) is 0 Å². The van der Waals surface area contributed by atoms with E-state index in [1.165, 1.54) is 16.4 Å². The summed E-state index contributed by atoms with van der Waals surface area (Å²) in [6, 6.07) is 2.50. The van der Waals surface area contributed by atoms with Crippen LogP contribution in [-0.4, -0.2) is 41.9 Å². The SMILES string of the molecule is CC1CCCC(N(C)S(=O)(=O)c2ccc(C(=O)O)cn2)C1. The van der Waals surface area contributed by atoms with Crippen molar-refractivity contribution in [2.75, 3.05) is 7.05 Å². The minimum Gasteiger partial charge on any atom is -0.478 e. The second kappa shape index (κ2) is 6.11. The summed E-state index contributed by atoms with van der Waals surface area (Å²) in [5, 5.41) is 8.72. The Hall–Kier alpha value is -1.47. The molecule has 1 aliphatic rings. The zero-order chi connectivity index (χ0) is 15.6. The van der Waals surface area contributed by atoms with Crippen molar-refractivity contribution >= 4 is 16.0 Å². The van der Waals surface area contributed by atoms with Gasteiger partial charge in [-0.1, -0.05) is 19.8 Å². The van der Waals surface area contributed by atoms with Crippen LogP contribution in [0.5, 0.6) is 0 Å². The molecule has 0 bridgehead atoms. The van der Waals surface area contributed by atoms with Crippen LogP contribution in [0.25, 0.3) is 0 Å². The maximum Gasteiger partial charge on any atom is 0.337 e. The van der Waals surface area contributed by atoms with Gasteiger partial charge < -0.3 is 5.11 Å². The number of sulfonamides is 1. The van der Waals surface area contributed by atoms with Crippen molar-refractivity contribution in [3.8, 4) is 0 Å². The predicted octanol–water partition coefficient (Wildman–Crippen LogP) is 1.98. The van der Waals surface area contributed by atoms with Gasteiger partial charge in [0.15, 0.2) is 5.03 Å². The number of hydrogen-bond donors (Lipinski definition) is 1. The second-order valence-electron chi connectivity index (χ2n) is 5.64. The first-order valence-corrected chi connectivity index (χ1v) is 8.43. The van der Waals surface area contributed by atoms with E-state index in [9.17, 15) is 13.2 Å². The number of rotatable bonds is 4. The lowest BCUT2D eigenvalue weighted by atomic mass is 9.87. The number of hydrogen-bond acceptors (Lipinski definition) is 4. The highest BCUT2D eigenvalue weighted by Gasteiger charge is 2.31. The van der Waals surface area contributed by atoms with Crippen LogP contribution in [0.2, 0.25) is 0 Å². The fourth-order valence-corrected chi connectivity index (χ4v) is 4.04. The Balaban J connectivity index is 2.22. The van der Waals surface area contributed by atoms with Crippen molar-refractivity contribution in [1.82, 2.24) is 9.29 Å². The molecule has 2 unspecified atom stereocenters. The lowest BCUT2D eigenvalue weighted by molar-refractivity contribution is 0.0696. The third kappa shape index (κ3) is 3.41. The van der Waals surface area contributed by atoms with E-state index in [4.69, 9.17) is 5.11 Å². The summed E-state index contributed by atoms with van der Waals surface area (Å²) in [4.78, 5) is 14.6. The second-order valence-corrected chi connectivity index (χ2v) is 7.58. The predicted molar refractivity (Wildman–Crippen MR) is 77.6 cm³/mol. The lowest BCUT2D eigenvalue weighted by Crippen LogP contribution is -2.40. The summed E-state index contributed by atoms with van der Waals surface area (Å²) in [6.07, 6.45) is 4.94. The molecular weight excluding hydrogens is 292 g/mol. The van der Waals surface area contributed by atoms with E-state index < -0.39 is 16.0 Å². The van der Waals surface area contributed by atoms with Crippen molar-refractivity contribution in [1.29, 1.82) is 0 Å². The molecule has 1 aromatic rings. The smallest absolute Gasteiger partial charge is 0.337 e. The number of nitrogens with zero attached hydrogens (tertiary/aromatic N) is 2. The van der Waals surface area contributed by atoms with Gasteiger partial charge in [0.05, 0.1) is 5.56 Å². The van der Waals surface area contributed by atoms with Gasteiger partial charge in [-0.25, -0.2) is 18.2 Å². The van der Waals surface area contributed by atoms with Crippen molar-refractivity contribution in [2.24, 2.45) is 5.92 Å².